The van der Waals surface area contributed by atoms with E-state index in [-0.39, 0.29) is 5.75 Å². The van der Waals surface area contributed by atoms with E-state index in [9.17, 15) is 8.42 Å². The van der Waals surface area contributed by atoms with Crippen LogP contribution in [0.2, 0.25) is 0 Å². The number of sulfone groups is 1. The third-order valence-electron chi connectivity index (χ3n) is 1.91. The molecule has 2 N–H and O–H groups in total. The molecule has 0 aliphatic heterocycles. The fraction of sp³-hybridized carbons (Fsp3) is 1.00. The molecule has 15 heavy (non-hydrogen) atoms. The lowest BCUT2D eigenvalue weighted by atomic mass is 10.2. The maximum atomic E-state index is 10.8. The van der Waals surface area contributed by atoms with Gasteiger partial charge in [-0.15, -0.1) is 0 Å². The van der Waals surface area contributed by atoms with Crippen molar-refractivity contribution in [3.8, 4) is 0 Å². The minimum atomic E-state index is -2.81. The predicted molar refractivity (Wildman–Crippen MR) is 64.9 cm³/mol. The first-order valence-corrected chi connectivity index (χ1v) is 7.57. The first-order chi connectivity index (χ1) is 6.92. The van der Waals surface area contributed by atoms with Crippen LogP contribution in [0.3, 0.4) is 0 Å². The van der Waals surface area contributed by atoms with Crippen LogP contribution >= 0.6 is 0 Å². The van der Waals surface area contributed by atoms with Crippen LogP contribution < -0.4 is 10.6 Å². The molecule has 0 aliphatic carbocycles. The molecule has 0 saturated heterocycles. The van der Waals surface area contributed by atoms with Gasteiger partial charge in [-0.25, -0.2) is 8.42 Å². The van der Waals surface area contributed by atoms with E-state index in [0.717, 1.165) is 26.1 Å². The highest BCUT2D eigenvalue weighted by atomic mass is 32.2. The third-order valence-corrected chi connectivity index (χ3v) is 2.86. The summed E-state index contributed by atoms with van der Waals surface area (Å²) in [5.74, 6) is 0.912. The first-order valence-electron chi connectivity index (χ1n) is 5.51. The van der Waals surface area contributed by atoms with Gasteiger partial charge in [0, 0.05) is 12.8 Å². The van der Waals surface area contributed by atoms with Gasteiger partial charge in [0.2, 0.25) is 0 Å². The monoisotopic (exact) mass is 236 g/mol. The molecule has 0 aromatic rings. The summed E-state index contributed by atoms with van der Waals surface area (Å²) >= 11 is 0. The van der Waals surface area contributed by atoms with E-state index < -0.39 is 9.84 Å². The average molecular weight is 236 g/mol. The van der Waals surface area contributed by atoms with Gasteiger partial charge in [-0.05, 0) is 32.0 Å². The van der Waals surface area contributed by atoms with Crippen molar-refractivity contribution in [2.45, 2.75) is 20.3 Å². The van der Waals surface area contributed by atoms with Gasteiger partial charge in [0.05, 0.1) is 5.75 Å². The highest BCUT2D eigenvalue weighted by Gasteiger charge is 1.99. The second kappa shape index (κ2) is 8.07. The predicted octanol–water partition coefficient (Wildman–Crippen LogP) is 0.256. The Kier molecular flexibility index (Phi) is 8.00. The number of nitrogens with one attached hydrogen (secondary N) is 2. The zero-order valence-corrected chi connectivity index (χ0v) is 10.9. The molecular weight excluding hydrogens is 212 g/mol. The second-order valence-electron chi connectivity index (χ2n) is 4.33. The number of hydrogen-bond acceptors (Lipinski definition) is 4. The van der Waals surface area contributed by atoms with Crippen LogP contribution in [0.4, 0.5) is 0 Å². The van der Waals surface area contributed by atoms with E-state index in [2.05, 4.69) is 24.5 Å². The Labute approximate surface area is 93.7 Å². The maximum absolute atomic E-state index is 10.8. The molecule has 0 aliphatic rings. The molecule has 0 saturated carbocycles. The summed E-state index contributed by atoms with van der Waals surface area (Å²) in [6, 6.07) is 0. The molecule has 0 bridgehead atoms. The van der Waals surface area contributed by atoms with Crippen LogP contribution in [0, 0.1) is 5.92 Å². The largest absolute Gasteiger partial charge is 0.316 e. The van der Waals surface area contributed by atoms with Crippen LogP contribution in [0.15, 0.2) is 0 Å². The highest BCUT2D eigenvalue weighted by Crippen LogP contribution is 1.86. The SMILES string of the molecule is CC(C)CNCCCNCCS(C)(=O)=O. The van der Waals surface area contributed by atoms with Gasteiger partial charge in [0.1, 0.15) is 9.84 Å². The highest BCUT2D eigenvalue weighted by molar-refractivity contribution is 7.90. The number of hydrogen-bond donors (Lipinski definition) is 2. The van der Waals surface area contributed by atoms with E-state index in [4.69, 9.17) is 0 Å². The summed E-state index contributed by atoms with van der Waals surface area (Å²) in [6.07, 6.45) is 2.30. The van der Waals surface area contributed by atoms with Crippen molar-refractivity contribution in [1.82, 2.24) is 10.6 Å². The third kappa shape index (κ3) is 13.9. The molecule has 0 amide bonds. The Hall–Kier alpha value is -0.130. The first kappa shape index (κ1) is 14.9. The second-order valence-corrected chi connectivity index (χ2v) is 6.59. The molecule has 0 rings (SSSR count). The summed E-state index contributed by atoms with van der Waals surface area (Å²) in [5.41, 5.74) is 0. The Morgan fingerprint density at radius 2 is 1.67 bits per heavy atom. The average Bonchev–Trinajstić information content (AvgIpc) is 2.07. The molecule has 0 aromatic heterocycles. The van der Waals surface area contributed by atoms with E-state index in [1.807, 2.05) is 0 Å². The number of rotatable bonds is 9. The Morgan fingerprint density at radius 1 is 1.07 bits per heavy atom. The summed E-state index contributed by atoms with van der Waals surface area (Å²) in [4.78, 5) is 0. The van der Waals surface area contributed by atoms with Gasteiger partial charge in [-0.2, -0.15) is 0 Å². The normalized spacial score (nSPS) is 12.3. The minimum Gasteiger partial charge on any atom is -0.316 e. The molecule has 0 aromatic carbocycles. The molecule has 0 fully saturated rings. The quantitative estimate of drug-likeness (QED) is 0.564. The van der Waals surface area contributed by atoms with Gasteiger partial charge in [-0.3, -0.25) is 0 Å². The smallest absolute Gasteiger partial charge is 0.148 e. The van der Waals surface area contributed by atoms with Gasteiger partial charge in [-0.1, -0.05) is 13.8 Å². The van der Waals surface area contributed by atoms with Crippen LogP contribution in [0.5, 0.6) is 0 Å². The molecular formula is C10H24N2O2S. The summed E-state index contributed by atoms with van der Waals surface area (Å²) < 4.78 is 21.6. The molecule has 0 spiro atoms. The lowest BCUT2D eigenvalue weighted by Crippen LogP contribution is -2.27. The van der Waals surface area contributed by atoms with Gasteiger partial charge < -0.3 is 10.6 Å². The summed E-state index contributed by atoms with van der Waals surface area (Å²) in [6.45, 7) is 7.83. The van der Waals surface area contributed by atoms with Crippen molar-refractivity contribution in [3.05, 3.63) is 0 Å². The Bertz CT molecular complexity index is 238. The zero-order chi connectivity index (χ0) is 11.7. The Balaban J connectivity index is 3.12. The fourth-order valence-corrected chi connectivity index (χ4v) is 1.63. The molecule has 92 valence electrons. The lowest BCUT2D eigenvalue weighted by molar-refractivity contribution is 0.532. The lowest BCUT2D eigenvalue weighted by Gasteiger charge is -2.07. The molecule has 0 heterocycles. The molecule has 0 atom stereocenters. The minimum absolute atomic E-state index is 0.229. The van der Waals surface area contributed by atoms with E-state index in [0.29, 0.717) is 12.5 Å². The van der Waals surface area contributed by atoms with Gasteiger partial charge in [0.15, 0.2) is 0 Å². The van der Waals surface area contributed by atoms with E-state index >= 15 is 0 Å². The summed E-state index contributed by atoms with van der Waals surface area (Å²) in [5, 5.41) is 6.44. The molecule has 0 radical (unpaired) electrons. The van der Waals surface area contributed by atoms with Crippen LogP contribution in [0.25, 0.3) is 0 Å². The Morgan fingerprint density at radius 3 is 2.20 bits per heavy atom. The zero-order valence-electron chi connectivity index (χ0n) is 10.0. The maximum Gasteiger partial charge on any atom is 0.148 e. The van der Waals surface area contributed by atoms with Crippen molar-refractivity contribution >= 4 is 9.84 Å². The van der Waals surface area contributed by atoms with E-state index in [1.54, 1.807) is 0 Å². The fourth-order valence-electron chi connectivity index (χ4n) is 1.11. The molecule has 4 nitrogen and oxygen atoms in total. The van der Waals surface area contributed by atoms with Crippen LogP contribution in [0.1, 0.15) is 20.3 Å². The topological polar surface area (TPSA) is 58.2 Å². The van der Waals surface area contributed by atoms with Crippen molar-refractivity contribution in [1.29, 1.82) is 0 Å². The van der Waals surface area contributed by atoms with Gasteiger partial charge >= 0.3 is 0 Å². The van der Waals surface area contributed by atoms with Gasteiger partial charge in [0.25, 0.3) is 0 Å². The van der Waals surface area contributed by atoms with Crippen molar-refractivity contribution in [3.63, 3.8) is 0 Å². The van der Waals surface area contributed by atoms with Crippen molar-refractivity contribution < 1.29 is 8.42 Å². The van der Waals surface area contributed by atoms with Crippen molar-refractivity contribution in [2.75, 3.05) is 38.2 Å². The molecule has 5 heteroatoms. The summed E-state index contributed by atoms with van der Waals surface area (Å²) in [7, 11) is -2.81. The van der Waals surface area contributed by atoms with E-state index in [1.165, 1.54) is 6.26 Å². The molecule has 0 unspecified atom stereocenters. The van der Waals surface area contributed by atoms with Crippen molar-refractivity contribution in [2.24, 2.45) is 5.92 Å². The van der Waals surface area contributed by atoms with Crippen LogP contribution in [-0.2, 0) is 9.84 Å². The van der Waals surface area contributed by atoms with Crippen LogP contribution in [-0.4, -0.2) is 46.6 Å². The standard InChI is InChI=1S/C10H24N2O2S/c1-10(2)9-12-6-4-5-11-7-8-15(3,13)14/h10-12H,4-9H2,1-3H3.